The number of anilines is 1. The minimum atomic E-state index is -0.648. The van der Waals surface area contributed by atoms with E-state index in [2.05, 4.69) is 5.32 Å². The van der Waals surface area contributed by atoms with Gasteiger partial charge in [0, 0.05) is 23.4 Å². The van der Waals surface area contributed by atoms with E-state index in [0.717, 1.165) is 24.7 Å². The third-order valence-corrected chi connectivity index (χ3v) is 4.79. The van der Waals surface area contributed by atoms with Gasteiger partial charge >= 0.3 is 0 Å². The van der Waals surface area contributed by atoms with E-state index in [1.165, 1.54) is 6.07 Å². The Labute approximate surface area is 125 Å². The van der Waals surface area contributed by atoms with Crippen LogP contribution in [0.2, 0.25) is 5.02 Å². The molecular weight excluding hydrogens is 302 g/mol. The Balaban J connectivity index is 2.11. The lowest BCUT2D eigenvalue weighted by atomic mass is 10.1. The van der Waals surface area contributed by atoms with Crippen molar-refractivity contribution in [3.63, 3.8) is 0 Å². The number of nitro groups is 1. The fourth-order valence-electron chi connectivity index (χ4n) is 2.00. The fourth-order valence-corrected chi connectivity index (χ4v) is 3.41. The lowest BCUT2D eigenvalue weighted by Crippen LogP contribution is -2.29. The van der Waals surface area contributed by atoms with Crippen molar-refractivity contribution in [2.45, 2.75) is 18.1 Å². The van der Waals surface area contributed by atoms with Gasteiger partial charge in [0.05, 0.1) is 9.95 Å². The topological polar surface area (TPSA) is 98.3 Å². The van der Waals surface area contributed by atoms with Crippen molar-refractivity contribution in [3.05, 3.63) is 32.8 Å². The van der Waals surface area contributed by atoms with Crippen LogP contribution in [-0.2, 0) is 0 Å². The summed E-state index contributed by atoms with van der Waals surface area (Å²) in [4.78, 5) is 22.2. The Morgan fingerprint density at radius 1 is 1.60 bits per heavy atom. The molecule has 6 nitrogen and oxygen atoms in total. The lowest BCUT2D eigenvalue weighted by Gasteiger charge is -2.10. The highest BCUT2D eigenvalue weighted by molar-refractivity contribution is 8.00. The monoisotopic (exact) mass is 315 g/mol. The molecule has 1 aromatic rings. The predicted octanol–water partition coefficient (Wildman–Crippen LogP) is 2.46. The van der Waals surface area contributed by atoms with E-state index in [1.54, 1.807) is 0 Å². The van der Waals surface area contributed by atoms with Gasteiger partial charge in [0.1, 0.15) is 5.69 Å². The minimum absolute atomic E-state index is 0.0135. The molecule has 1 aromatic carbocycles. The summed E-state index contributed by atoms with van der Waals surface area (Å²) in [5, 5.41) is 14.0. The summed E-state index contributed by atoms with van der Waals surface area (Å²) in [7, 11) is 0. The van der Waals surface area contributed by atoms with Crippen LogP contribution < -0.4 is 11.1 Å². The highest BCUT2D eigenvalue weighted by Crippen LogP contribution is 2.31. The Morgan fingerprint density at radius 2 is 2.35 bits per heavy atom. The van der Waals surface area contributed by atoms with Crippen LogP contribution in [0.4, 0.5) is 11.4 Å². The number of nitro benzene ring substituents is 1. The Kier molecular flexibility index (Phi) is 4.72. The van der Waals surface area contributed by atoms with E-state index < -0.39 is 4.92 Å². The average Bonchev–Trinajstić information content (AvgIpc) is 2.91. The van der Waals surface area contributed by atoms with Gasteiger partial charge in [0.2, 0.25) is 0 Å². The van der Waals surface area contributed by atoms with Crippen LogP contribution in [0.25, 0.3) is 0 Å². The second kappa shape index (κ2) is 6.32. The maximum atomic E-state index is 12.0. The lowest BCUT2D eigenvalue weighted by molar-refractivity contribution is -0.383. The molecule has 1 atom stereocenters. The molecule has 1 aliphatic rings. The normalized spacial score (nSPS) is 17.9. The maximum Gasteiger partial charge on any atom is 0.294 e. The number of amides is 1. The van der Waals surface area contributed by atoms with E-state index in [0.29, 0.717) is 11.8 Å². The Morgan fingerprint density at radius 3 is 2.95 bits per heavy atom. The molecular formula is C12H14ClN3O3S. The molecule has 1 amide bonds. The number of nitrogens with one attached hydrogen (secondary N) is 1. The third-order valence-electron chi connectivity index (χ3n) is 3.08. The number of carbonyl (C=O) groups excluding carboxylic acids is 1. The highest BCUT2D eigenvalue weighted by atomic mass is 35.5. The summed E-state index contributed by atoms with van der Waals surface area (Å²) >= 11 is 7.65. The van der Waals surface area contributed by atoms with E-state index in [1.807, 2.05) is 11.8 Å². The second-order valence-corrected chi connectivity index (χ2v) is 6.31. The molecule has 0 aromatic heterocycles. The molecule has 8 heteroatoms. The van der Waals surface area contributed by atoms with Crippen molar-refractivity contribution in [3.8, 4) is 0 Å². The first kappa shape index (κ1) is 14.9. The van der Waals surface area contributed by atoms with Gasteiger partial charge in [-0.3, -0.25) is 14.9 Å². The number of thioether (sulfide) groups is 1. The number of nitrogens with zero attached hydrogens (tertiary/aromatic N) is 1. The molecule has 0 aliphatic carbocycles. The first-order valence-electron chi connectivity index (χ1n) is 6.12. The van der Waals surface area contributed by atoms with Gasteiger partial charge in [-0.1, -0.05) is 11.6 Å². The van der Waals surface area contributed by atoms with Gasteiger partial charge in [-0.25, -0.2) is 0 Å². The largest absolute Gasteiger partial charge is 0.392 e. The molecule has 3 N–H and O–H groups in total. The van der Waals surface area contributed by atoms with Crippen molar-refractivity contribution in [2.24, 2.45) is 0 Å². The number of carbonyl (C=O) groups is 1. The molecule has 2 rings (SSSR count). The smallest absolute Gasteiger partial charge is 0.294 e. The van der Waals surface area contributed by atoms with Crippen LogP contribution >= 0.6 is 23.4 Å². The van der Waals surface area contributed by atoms with Gasteiger partial charge < -0.3 is 11.1 Å². The Hall–Kier alpha value is -1.47. The maximum absolute atomic E-state index is 12.0. The zero-order valence-electron chi connectivity index (χ0n) is 10.6. The zero-order valence-corrected chi connectivity index (χ0v) is 12.2. The quantitative estimate of drug-likeness (QED) is 0.505. The number of benzene rings is 1. The highest BCUT2D eigenvalue weighted by Gasteiger charge is 2.21. The molecule has 0 bridgehead atoms. The first-order chi connectivity index (χ1) is 9.49. The number of nitrogen functional groups attached to an aromatic ring is 1. The van der Waals surface area contributed by atoms with Crippen molar-refractivity contribution in [2.75, 3.05) is 18.0 Å². The molecule has 1 aliphatic heterocycles. The molecule has 0 spiro atoms. The van der Waals surface area contributed by atoms with E-state index in [-0.39, 0.29) is 27.9 Å². The van der Waals surface area contributed by atoms with Crippen LogP contribution in [0.5, 0.6) is 0 Å². The Bertz CT molecular complexity index is 547. The van der Waals surface area contributed by atoms with E-state index in [9.17, 15) is 14.9 Å². The van der Waals surface area contributed by atoms with Crippen LogP contribution in [0.15, 0.2) is 12.1 Å². The molecule has 0 radical (unpaired) electrons. The van der Waals surface area contributed by atoms with Crippen molar-refractivity contribution in [1.82, 2.24) is 5.32 Å². The minimum Gasteiger partial charge on any atom is -0.392 e. The number of hydrogen-bond donors (Lipinski definition) is 2. The number of rotatable bonds is 4. The summed E-state index contributed by atoms with van der Waals surface area (Å²) in [6.07, 6.45) is 2.23. The third kappa shape index (κ3) is 3.34. The van der Waals surface area contributed by atoms with Gasteiger partial charge in [-0.15, -0.1) is 0 Å². The van der Waals surface area contributed by atoms with Crippen LogP contribution in [-0.4, -0.2) is 28.4 Å². The van der Waals surface area contributed by atoms with Crippen molar-refractivity contribution in [1.29, 1.82) is 0 Å². The molecule has 108 valence electrons. The summed E-state index contributed by atoms with van der Waals surface area (Å²) in [5.41, 5.74) is 5.19. The van der Waals surface area contributed by atoms with E-state index in [4.69, 9.17) is 17.3 Å². The zero-order chi connectivity index (χ0) is 14.7. The molecule has 0 saturated carbocycles. The van der Waals surface area contributed by atoms with Crippen LogP contribution in [0.1, 0.15) is 23.2 Å². The second-order valence-electron chi connectivity index (χ2n) is 4.49. The molecule has 1 saturated heterocycles. The summed E-state index contributed by atoms with van der Waals surface area (Å²) in [5.74, 6) is 0.738. The van der Waals surface area contributed by atoms with Crippen molar-refractivity contribution >= 4 is 40.6 Å². The number of halogens is 1. The van der Waals surface area contributed by atoms with Gasteiger partial charge in [0.15, 0.2) is 0 Å². The van der Waals surface area contributed by atoms with Crippen LogP contribution in [0, 0.1) is 10.1 Å². The number of nitrogens with two attached hydrogens (primary N) is 1. The van der Waals surface area contributed by atoms with Crippen LogP contribution in [0.3, 0.4) is 0 Å². The van der Waals surface area contributed by atoms with Crippen molar-refractivity contribution < 1.29 is 9.72 Å². The fraction of sp³-hybridized carbons (Fsp3) is 0.417. The SMILES string of the molecule is Nc1c(Cl)cc(C(=O)NCC2CCCS2)cc1[N+](=O)[O-]. The molecule has 20 heavy (non-hydrogen) atoms. The van der Waals surface area contributed by atoms with Gasteiger partial charge in [-0.2, -0.15) is 11.8 Å². The molecule has 1 fully saturated rings. The predicted molar refractivity (Wildman–Crippen MR) is 80.3 cm³/mol. The molecule has 1 unspecified atom stereocenters. The van der Waals surface area contributed by atoms with E-state index >= 15 is 0 Å². The summed E-state index contributed by atoms with van der Waals surface area (Å²) in [6.45, 7) is 0.555. The first-order valence-corrected chi connectivity index (χ1v) is 7.55. The van der Waals surface area contributed by atoms with Gasteiger partial charge in [0.25, 0.3) is 11.6 Å². The summed E-state index contributed by atoms with van der Waals surface area (Å²) in [6, 6.07) is 2.50. The standard InChI is InChI=1S/C12H14ClN3O3S/c13-9-4-7(5-10(11(9)14)16(18)19)12(17)15-6-8-2-1-3-20-8/h4-5,8H,1-3,6,14H2,(H,15,17). The average molecular weight is 316 g/mol. The molecule has 1 heterocycles. The number of hydrogen-bond acceptors (Lipinski definition) is 5. The summed E-state index contributed by atoms with van der Waals surface area (Å²) < 4.78 is 0. The van der Waals surface area contributed by atoms with Gasteiger partial charge in [-0.05, 0) is 24.7 Å².